The zero-order valence-electron chi connectivity index (χ0n) is 21.1. The van der Waals surface area contributed by atoms with Crippen molar-refractivity contribution in [2.45, 2.75) is 0 Å². The second kappa shape index (κ2) is 14.3. The summed E-state index contributed by atoms with van der Waals surface area (Å²) < 4.78 is 16.5. The Labute approximate surface area is 225 Å². The summed E-state index contributed by atoms with van der Waals surface area (Å²) >= 11 is 0. The number of rotatable bonds is 15. The lowest BCUT2D eigenvalue weighted by Gasteiger charge is -2.13. The van der Waals surface area contributed by atoms with Gasteiger partial charge in [0.05, 0.1) is 19.8 Å². The molecule has 0 saturated carbocycles. The van der Waals surface area contributed by atoms with Crippen LogP contribution < -0.4 is 30.2 Å². The first-order chi connectivity index (χ1) is 19.1. The fourth-order valence-corrected chi connectivity index (χ4v) is 3.41. The van der Waals surface area contributed by atoms with Gasteiger partial charge in [-0.25, -0.2) is 0 Å². The van der Waals surface area contributed by atoms with Crippen LogP contribution in [0.15, 0.2) is 72.8 Å². The minimum Gasteiger partial charge on any atom is -0.491 e. The molecule has 0 bridgehead atoms. The van der Waals surface area contributed by atoms with Gasteiger partial charge in [0.15, 0.2) is 0 Å². The molecule has 0 spiro atoms. The number of anilines is 6. The first kappa shape index (κ1) is 27.4. The van der Waals surface area contributed by atoms with Crippen LogP contribution in [0.2, 0.25) is 0 Å². The normalized spacial score (nSPS) is 10.5. The molecule has 0 atom stereocenters. The molecule has 0 aliphatic rings. The molecule has 1 heterocycles. The van der Waals surface area contributed by atoms with E-state index in [0.717, 1.165) is 0 Å². The molecule has 4 aromatic rings. The lowest BCUT2D eigenvalue weighted by atomic mass is 10.3. The van der Waals surface area contributed by atoms with Crippen molar-refractivity contribution in [3.05, 3.63) is 72.8 Å². The van der Waals surface area contributed by atoms with Crippen molar-refractivity contribution in [3.8, 4) is 17.2 Å². The molecule has 0 saturated heterocycles. The topological polar surface area (TPSA) is 163 Å². The highest BCUT2D eigenvalue weighted by atomic mass is 16.5. The van der Waals surface area contributed by atoms with E-state index in [2.05, 4.69) is 30.9 Å². The van der Waals surface area contributed by atoms with E-state index in [9.17, 15) is 0 Å². The summed E-state index contributed by atoms with van der Waals surface area (Å²) in [5.74, 6) is 2.52. The number of nitrogens with one attached hydrogen (secondary N) is 3. The maximum atomic E-state index is 9.04. The van der Waals surface area contributed by atoms with Crippen LogP contribution in [0.4, 0.5) is 34.9 Å². The van der Waals surface area contributed by atoms with E-state index in [1.165, 1.54) is 0 Å². The largest absolute Gasteiger partial charge is 0.491 e. The highest BCUT2D eigenvalue weighted by molar-refractivity contribution is 5.63. The summed E-state index contributed by atoms with van der Waals surface area (Å²) in [6, 6.07) is 21.6. The fourth-order valence-electron chi connectivity index (χ4n) is 3.41. The van der Waals surface area contributed by atoms with Crippen molar-refractivity contribution in [2.24, 2.45) is 0 Å². The molecule has 0 unspecified atom stereocenters. The molecular formula is C27H30N6O6. The van der Waals surface area contributed by atoms with Gasteiger partial charge in [0, 0.05) is 35.3 Å². The van der Waals surface area contributed by atoms with Gasteiger partial charge in [0.2, 0.25) is 17.8 Å². The number of nitrogens with zero attached hydrogens (tertiary/aromatic N) is 3. The van der Waals surface area contributed by atoms with Gasteiger partial charge in [-0.05, 0) is 36.4 Å². The van der Waals surface area contributed by atoms with E-state index < -0.39 is 0 Å². The Morgan fingerprint density at radius 2 is 0.795 bits per heavy atom. The minimum atomic E-state index is -0.0896. The first-order valence-corrected chi connectivity index (χ1v) is 12.2. The first-order valence-electron chi connectivity index (χ1n) is 12.2. The maximum absolute atomic E-state index is 9.04. The fraction of sp³-hybridized carbons (Fsp3) is 0.222. The quantitative estimate of drug-likeness (QED) is 0.132. The highest BCUT2D eigenvalue weighted by Gasteiger charge is 2.10. The number of aromatic nitrogens is 3. The van der Waals surface area contributed by atoms with Crippen LogP contribution in [0.3, 0.4) is 0 Å². The molecular weight excluding hydrogens is 504 g/mol. The van der Waals surface area contributed by atoms with Gasteiger partial charge in [-0.2, -0.15) is 15.0 Å². The van der Waals surface area contributed by atoms with Gasteiger partial charge in [-0.15, -0.1) is 0 Å². The van der Waals surface area contributed by atoms with Gasteiger partial charge >= 0.3 is 0 Å². The molecule has 12 heteroatoms. The summed E-state index contributed by atoms with van der Waals surface area (Å²) in [5.41, 5.74) is 2.02. The summed E-state index contributed by atoms with van der Waals surface area (Å²) in [5, 5.41) is 36.6. The Morgan fingerprint density at radius 3 is 1.08 bits per heavy atom. The smallest absolute Gasteiger partial charge is 0.233 e. The van der Waals surface area contributed by atoms with E-state index in [1.54, 1.807) is 36.4 Å². The summed E-state index contributed by atoms with van der Waals surface area (Å²) in [4.78, 5) is 13.5. The standard InChI is InChI=1S/C27H30N6O6/c34-10-13-37-22-7-1-4-19(16-22)28-25-31-26(29-20-5-2-8-23(17-20)38-14-11-35)33-27(32-25)30-21-6-3-9-24(18-21)39-15-12-36/h1-9,16-18,34-36H,10-15H2,(H3,28,29,30,31,32,33). The third-order valence-electron chi connectivity index (χ3n) is 4.99. The van der Waals surface area contributed by atoms with Crippen molar-refractivity contribution in [2.75, 3.05) is 55.6 Å². The third kappa shape index (κ3) is 8.71. The zero-order valence-corrected chi connectivity index (χ0v) is 21.1. The number of aliphatic hydroxyl groups excluding tert-OH is 3. The van der Waals surface area contributed by atoms with E-state index in [0.29, 0.717) is 34.3 Å². The molecule has 204 valence electrons. The van der Waals surface area contributed by atoms with Crippen LogP contribution in [0.1, 0.15) is 0 Å². The molecule has 0 amide bonds. The number of hydrogen-bond acceptors (Lipinski definition) is 12. The maximum Gasteiger partial charge on any atom is 0.233 e. The summed E-state index contributed by atoms with van der Waals surface area (Å²) in [6.45, 7) is 0.271. The number of hydrogen-bond donors (Lipinski definition) is 6. The van der Waals surface area contributed by atoms with Crippen molar-refractivity contribution in [1.82, 2.24) is 15.0 Å². The third-order valence-corrected chi connectivity index (χ3v) is 4.99. The molecule has 0 aliphatic heterocycles. The molecule has 0 radical (unpaired) electrons. The van der Waals surface area contributed by atoms with Crippen LogP contribution in [0.5, 0.6) is 17.2 Å². The Bertz CT molecular complexity index is 1170. The lowest BCUT2D eigenvalue weighted by Crippen LogP contribution is -2.08. The van der Waals surface area contributed by atoms with Gasteiger partial charge in [0.1, 0.15) is 37.1 Å². The SMILES string of the molecule is OCCOc1cccc(Nc2nc(Nc3cccc(OCCO)c3)nc(Nc3cccc(OCCO)c3)n2)c1. The summed E-state index contributed by atoms with van der Waals surface area (Å²) in [7, 11) is 0. The average Bonchev–Trinajstić information content (AvgIpc) is 2.94. The molecule has 1 aromatic heterocycles. The van der Waals surface area contributed by atoms with Crippen LogP contribution in [0.25, 0.3) is 0 Å². The molecule has 0 fully saturated rings. The van der Waals surface area contributed by atoms with Crippen LogP contribution in [-0.4, -0.2) is 69.9 Å². The van der Waals surface area contributed by atoms with E-state index >= 15 is 0 Å². The number of ether oxygens (including phenoxy) is 3. The predicted octanol–water partition coefficient (Wildman–Crippen LogP) is 3.22. The van der Waals surface area contributed by atoms with Gasteiger partial charge in [-0.1, -0.05) is 18.2 Å². The number of aliphatic hydroxyl groups is 3. The molecule has 4 rings (SSSR count). The van der Waals surface area contributed by atoms with Crippen LogP contribution in [-0.2, 0) is 0 Å². The second-order valence-corrected chi connectivity index (χ2v) is 7.98. The van der Waals surface area contributed by atoms with Crippen molar-refractivity contribution in [1.29, 1.82) is 0 Å². The van der Waals surface area contributed by atoms with Crippen LogP contribution in [0, 0.1) is 0 Å². The van der Waals surface area contributed by atoms with Gasteiger partial charge in [0.25, 0.3) is 0 Å². The predicted molar refractivity (Wildman–Crippen MR) is 147 cm³/mol. The van der Waals surface area contributed by atoms with E-state index in [1.807, 2.05) is 36.4 Å². The zero-order chi connectivity index (χ0) is 27.3. The average molecular weight is 535 g/mol. The summed E-state index contributed by atoms with van der Waals surface area (Å²) in [6.07, 6.45) is 0. The van der Waals surface area contributed by atoms with E-state index in [-0.39, 0.29) is 57.5 Å². The molecule has 0 aliphatic carbocycles. The van der Waals surface area contributed by atoms with Gasteiger partial charge < -0.3 is 45.5 Å². The highest BCUT2D eigenvalue weighted by Crippen LogP contribution is 2.25. The molecule has 12 nitrogen and oxygen atoms in total. The second-order valence-electron chi connectivity index (χ2n) is 7.98. The molecule has 6 N–H and O–H groups in total. The Hall–Kier alpha value is -4.65. The van der Waals surface area contributed by atoms with Crippen molar-refractivity contribution >= 4 is 34.9 Å². The molecule has 39 heavy (non-hydrogen) atoms. The monoisotopic (exact) mass is 534 g/mol. The minimum absolute atomic E-state index is 0.0896. The Morgan fingerprint density at radius 1 is 0.487 bits per heavy atom. The van der Waals surface area contributed by atoms with Gasteiger partial charge in [-0.3, -0.25) is 0 Å². The van der Waals surface area contributed by atoms with E-state index in [4.69, 9.17) is 29.5 Å². The Balaban J connectivity index is 1.60. The number of benzene rings is 3. The Kier molecular flexibility index (Phi) is 10.1. The van der Waals surface area contributed by atoms with Crippen molar-refractivity contribution in [3.63, 3.8) is 0 Å². The molecule has 3 aromatic carbocycles. The van der Waals surface area contributed by atoms with Crippen LogP contribution >= 0.6 is 0 Å². The lowest BCUT2D eigenvalue weighted by molar-refractivity contribution is 0.201. The van der Waals surface area contributed by atoms with Crippen molar-refractivity contribution < 1.29 is 29.5 Å².